The Bertz CT molecular complexity index is 1130. The van der Waals surface area contributed by atoms with Crippen molar-refractivity contribution < 1.29 is 19.4 Å². The lowest BCUT2D eigenvalue weighted by atomic mass is 9.86. The van der Waals surface area contributed by atoms with Crippen LogP contribution >= 0.6 is 0 Å². The highest BCUT2D eigenvalue weighted by Gasteiger charge is 2.37. The van der Waals surface area contributed by atoms with E-state index in [0.717, 1.165) is 48.1 Å². The van der Waals surface area contributed by atoms with Crippen LogP contribution in [0.25, 0.3) is 11.1 Å². The van der Waals surface area contributed by atoms with Crippen LogP contribution in [0.3, 0.4) is 0 Å². The molecule has 0 spiro atoms. The predicted octanol–water partition coefficient (Wildman–Crippen LogP) is 4.71. The van der Waals surface area contributed by atoms with Crippen LogP contribution in [-0.4, -0.2) is 47.4 Å². The predicted molar refractivity (Wildman–Crippen MR) is 138 cm³/mol. The summed E-state index contributed by atoms with van der Waals surface area (Å²) >= 11 is 0. The second kappa shape index (κ2) is 11.7. The first-order chi connectivity index (χ1) is 17.0. The van der Waals surface area contributed by atoms with Crippen molar-refractivity contribution in [3.05, 3.63) is 84.2 Å². The van der Waals surface area contributed by atoms with E-state index < -0.39 is 5.97 Å². The molecule has 1 heterocycles. The number of hydrogen-bond donors (Lipinski definition) is 1. The number of nitrogens with zero attached hydrogens (tertiary/aromatic N) is 2. The highest BCUT2D eigenvalue weighted by atomic mass is 16.5. The fourth-order valence-electron chi connectivity index (χ4n) is 4.35. The van der Waals surface area contributed by atoms with E-state index in [1.54, 1.807) is 12.4 Å². The Balaban J connectivity index is 1.45. The minimum absolute atomic E-state index is 0.0322. The van der Waals surface area contributed by atoms with Crippen molar-refractivity contribution in [3.63, 3.8) is 0 Å². The van der Waals surface area contributed by atoms with Gasteiger partial charge in [-0.15, -0.1) is 0 Å². The van der Waals surface area contributed by atoms with Crippen LogP contribution in [0.2, 0.25) is 0 Å². The van der Waals surface area contributed by atoms with Crippen molar-refractivity contribution in [2.24, 2.45) is 0 Å². The fourth-order valence-corrected chi connectivity index (χ4v) is 4.35. The number of carboxylic acid groups (broad SMARTS) is 1. The van der Waals surface area contributed by atoms with Gasteiger partial charge in [0, 0.05) is 41.9 Å². The molecule has 0 saturated heterocycles. The molecule has 1 atom stereocenters. The smallest absolute Gasteiger partial charge is 0.303 e. The number of aliphatic carboxylic acids is 1. The molecule has 0 bridgehead atoms. The number of aromatic nitrogens is 1. The summed E-state index contributed by atoms with van der Waals surface area (Å²) in [5.41, 5.74) is 3.79. The maximum absolute atomic E-state index is 13.6. The van der Waals surface area contributed by atoms with Crippen LogP contribution in [0.15, 0.2) is 73.1 Å². The lowest BCUT2D eigenvalue weighted by Crippen LogP contribution is -2.37. The summed E-state index contributed by atoms with van der Waals surface area (Å²) < 4.78 is 6.08. The van der Waals surface area contributed by atoms with E-state index >= 15 is 0 Å². The molecule has 1 aromatic heterocycles. The molecule has 1 aliphatic carbocycles. The van der Waals surface area contributed by atoms with Gasteiger partial charge < -0.3 is 14.7 Å². The quantitative estimate of drug-likeness (QED) is 0.306. The number of amides is 1. The van der Waals surface area contributed by atoms with E-state index in [2.05, 4.69) is 12.8 Å². The Morgan fingerprint density at radius 3 is 2.34 bits per heavy atom. The monoisotopic (exact) mass is 470 g/mol. The molecule has 1 amide bonds. The van der Waals surface area contributed by atoms with Crippen molar-refractivity contribution in [1.29, 1.82) is 0 Å². The van der Waals surface area contributed by atoms with Gasteiger partial charge in [-0.2, -0.15) is 0 Å². The van der Waals surface area contributed by atoms with E-state index in [9.17, 15) is 9.59 Å². The van der Waals surface area contributed by atoms with E-state index in [1.807, 2.05) is 65.6 Å². The van der Waals surface area contributed by atoms with Crippen LogP contribution in [0.5, 0.6) is 5.75 Å². The summed E-state index contributed by atoms with van der Waals surface area (Å²) in [7, 11) is 2.07. The number of benzene rings is 2. The zero-order chi connectivity index (χ0) is 24.6. The van der Waals surface area contributed by atoms with E-state index in [4.69, 9.17) is 9.84 Å². The van der Waals surface area contributed by atoms with E-state index in [0.29, 0.717) is 18.6 Å². The molecule has 1 unspecified atom stereocenters. The second-order valence-corrected chi connectivity index (χ2v) is 9.02. The van der Waals surface area contributed by atoms with Gasteiger partial charge >= 0.3 is 5.97 Å². The van der Waals surface area contributed by atoms with Gasteiger partial charge in [0.1, 0.15) is 13.6 Å². The highest BCUT2D eigenvalue weighted by Crippen LogP contribution is 2.37. The third-order valence-electron chi connectivity index (χ3n) is 6.40. The summed E-state index contributed by atoms with van der Waals surface area (Å²) in [6, 6.07) is 19.8. The molecule has 1 fully saturated rings. The Labute approximate surface area is 207 Å². The van der Waals surface area contributed by atoms with E-state index in [1.165, 1.54) is 0 Å². The number of unbranched alkanes of at least 4 members (excludes halogenated alkanes) is 2. The van der Waals surface area contributed by atoms with Crippen LogP contribution in [0, 0.1) is 0 Å². The molecule has 35 heavy (non-hydrogen) atoms. The molecule has 1 saturated carbocycles. The minimum Gasteiger partial charge on any atom is -0.493 e. The summed E-state index contributed by atoms with van der Waals surface area (Å²) in [6.07, 6.45) is 8.00. The van der Waals surface area contributed by atoms with Gasteiger partial charge in [0.25, 0.3) is 5.91 Å². The summed E-state index contributed by atoms with van der Waals surface area (Å²) in [4.78, 5) is 30.3. The number of rotatable bonds is 12. The van der Waals surface area contributed by atoms with Gasteiger partial charge in [0.2, 0.25) is 0 Å². The number of carbonyl (C=O) groups excluding carboxylic acids is 1. The number of pyridine rings is 1. The third kappa shape index (κ3) is 6.50. The first-order valence-corrected chi connectivity index (χ1v) is 12.3. The van der Waals surface area contributed by atoms with Gasteiger partial charge in [-0.3, -0.25) is 14.6 Å². The Morgan fingerprint density at radius 2 is 1.66 bits per heavy atom. The fraction of sp³-hybridized carbons (Fsp3) is 0.321. The Hall–Kier alpha value is -3.61. The molecule has 2 aromatic carbocycles. The van der Waals surface area contributed by atoms with Crippen molar-refractivity contribution in [3.8, 4) is 16.9 Å². The maximum Gasteiger partial charge on any atom is 0.303 e. The molecule has 180 valence electrons. The van der Waals surface area contributed by atoms with Gasteiger partial charge in [0.05, 0.1) is 6.61 Å². The van der Waals surface area contributed by atoms with E-state index in [-0.39, 0.29) is 24.3 Å². The minimum atomic E-state index is -0.762. The lowest BCUT2D eigenvalue weighted by molar-refractivity contribution is -0.137. The normalized spacial score (nSPS) is 13.7. The first kappa shape index (κ1) is 24.5. The van der Waals surface area contributed by atoms with Crippen LogP contribution < -0.4 is 4.74 Å². The number of hydrogen-bond acceptors (Lipinski definition) is 4. The molecule has 1 N–H and O–H groups in total. The van der Waals surface area contributed by atoms with Crippen molar-refractivity contribution in [2.75, 3.05) is 6.61 Å². The van der Waals surface area contributed by atoms with Gasteiger partial charge in [-0.25, -0.2) is 0 Å². The summed E-state index contributed by atoms with van der Waals surface area (Å²) in [6.45, 7) is 0.525. The van der Waals surface area contributed by atoms with Gasteiger partial charge in [0.15, 0.2) is 0 Å². The third-order valence-corrected chi connectivity index (χ3v) is 6.40. The van der Waals surface area contributed by atoms with Crippen molar-refractivity contribution in [2.45, 2.75) is 50.5 Å². The molecule has 3 aromatic rings. The molecule has 0 aliphatic heterocycles. The summed E-state index contributed by atoms with van der Waals surface area (Å²) in [5, 5.41) is 8.77. The van der Waals surface area contributed by atoms with Gasteiger partial charge in [-0.05, 0) is 73.6 Å². The number of carboxylic acids is 1. The molecule has 7 heteroatoms. The standard InChI is InChI=1S/C28H31BN2O4/c29-27(24-6-3-4-7-25(24)35-19-5-1-2-8-26(32)33)31(23-13-14-23)28(34)22-11-9-20(10-12-22)21-15-17-30-18-16-21/h3-4,6-7,9-12,15-18,23,27H,1-2,5,8,13-14,19,29H2,(H,32,33). The van der Waals surface area contributed by atoms with Crippen LogP contribution in [0.1, 0.15) is 60.4 Å². The maximum atomic E-state index is 13.6. The zero-order valence-electron chi connectivity index (χ0n) is 20.1. The highest BCUT2D eigenvalue weighted by molar-refractivity contribution is 6.14. The number of ether oxygens (including phenoxy) is 1. The molecule has 6 nitrogen and oxygen atoms in total. The SMILES string of the molecule is BC(c1ccccc1OCCCCCC(=O)O)N(C(=O)c1ccc(-c2ccncc2)cc1)C1CC1. The topological polar surface area (TPSA) is 79.7 Å². The van der Waals surface area contributed by atoms with Crippen LogP contribution in [0.4, 0.5) is 0 Å². The summed E-state index contributed by atoms with van der Waals surface area (Å²) in [5.74, 6) is -0.0746. The molecular formula is C28H31BN2O4. The molecule has 0 radical (unpaired) electrons. The Kier molecular flexibility index (Phi) is 8.19. The van der Waals surface area contributed by atoms with Crippen molar-refractivity contribution >= 4 is 19.7 Å². The lowest BCUT2D eigenvalue weighted by Gasteiger charge is -2.31. The average molecular weight is 470 g/mol. The molecule has 4 rings (SSSR count). The zero-order valence-corrected chi connectivity index (χ0v) is 20.1. The Morgan fingerprint density at radius 1 is 0.971 bits per heavy atom. The van der Waals surface area contributed by atoms with Crippen LogP contribution in [-0.2, 0) is 4.79 Å². The number of para-hydroxylation sites is 1. The number of carbonyl (C=O) groups is 2. The van der Waals surface area contributed by atoms with Crippen molar-refractivity contribution in [1.82, 2.24) is 9.88 Å². The first-order valence-electron chi connectivity index (χ1n) is 12.3. The largest absolute Gasteiger partial charge is 0.493 e. The molecular weight excluding hydrogens is 439 g/mol. The van der Waals surface area contributed by atoms with Gasteiger partial charge in [-0.1, -0.05) is 30.3 Å². The molecule has 1 aliphatic rings. The second-order valence-electron chi connectivity index (χ2n) is 9.02. The average Bonchev–Trinajstić information content (AvgIpc) is 3.72.